The van der Waals surface area contributed by atoms with Crippen molar-refractivity contribution in [2.45, 2.75) is 38.6 Å². The third-order valence-electron chi connectivity index (χ3n) is 3.88. The van der Waals surface area contributed by atoms with E-state index in [0.29, 0.717) is 5.92 Å². The molecule has 1 aromatic carbocycles. The van der Waals surface area contributed by atoms with E-state index in [1.165, 1.54) is 24.0 Å². The third kappa shape index (κ3) is 3.99. The van der Waals surface area contributed by atoms with Crippen LogP contribution < -0.4 is 10.6 Å². The van der Waals surface area contributed by atoms with E-state index in [1.54, 1.807) is 0 Å². The van der Waals surface area contributed by atoms with E-state index in [1.807, 2.05) is 30.5 Å². The molecule has 0 saturated heterocycles. The summed E-state index contributed by atoms with van der Waals surface area (Å²) in [5.74, 6) is 1.60. The molecule has 0 bridgehead atoms. The van der Waals surface area contributed by atoms with Gasteiger partial charge in [0.15, 0.2) is 0 Å². The molecule has 2 N–H and O–H groups in total. The molecule has 0 aliphatic heterocycles. The molecule has 1 fully saturated rings. The number of aromatic nitrogens is 1. The molecule has 1 aromatic heterocycles. The Balaban J connectivity index is 1.76. The fourth-order valence-electron chi connectivity index (χ4n) is 2.60. The van der Waals surface area contributed by atoms with Crippen molar-refractivity contribution in [3.05, 3.63) is 52.7 Å². The van der Waals surface area contributed by atoms with E-state index < -0.39 is 0 Å². The zero-order valence-electron chi connectivity index (χ0n) is 12.9. The van der Waals surface area contributed by atoms with Crippen LogP contribution in [0.15, 0.2) is 36.5 Å². The minimum atomic E-state index is 0.710. The maximum Gasteiger partial charge on any atom is 0.130 e. The van der Waals surface area contributed by atoms with Gasteiger partial charge in [-0.1, -0.05) is 24.6 Å². The number of rotatable bonds is 7. The van der Waals surface area contributed by atoms with Crippen LogP contribution in [0.5, 0.6) is 0 Å². The van der Waals surface area contributed by atoms with Crippen LogP contribution in [0.4, 0.5) is 11.5 Å². The van der Waals surface area contributed by atoms with Crippen LogP contribution in [-0.4, -0.2) is 11.5 Å². The zero-order chi connectivity index (χ0) is 15.4. The summed E-state index contributed by atoms with van der Waals surface area (Å²) < 4.78 is 0. The first-order chi connectivity index (χ1) is 10.8. The maximum absolute atomic E-state index is 6.03. The molecule has 1 aliphatic rings. The summed E-state index contributed by atoms with van der Waals surface area (Å²) in [4.78, 5) is 4.56. The predicted octanol–water partition coefficient (Wildman–Crippen LogP) is 4.86. The summed E-state index contributed by atoms with van der Waals surface area (Å²) in [5, 5.41) is 7.55. The minimum absolute atomic E-state index is 0.710. The number of nitrogens with zero attached hydrogens (tertiary/aromatic N) is 1. The molecular weight excluding hydrogens is 294 g/mol. The second-order valence-electron chi connectivity index (χ2n) is 5.85. The number of hydrogen-bond acceptors (Lipinski definition) is 3. The summed E-state index contributed by atoms with van der Waals surface area (Å²) in [6, 6.07) is 9.92. The highest BCUT2D eigenvalue weighted by molar-refractivity contribution is 6.30. The van der Waals surface area contributed by atoms with Crippen LogP contribution in [0, 0.1) is 0 Å². The van der Waals surface area contributed by atoms with Crippen LogP contribution in [0.3, 0.4) is 0 Å². The molecular formula is C18H22ClN3. The Bertz CT molecular complexity index is 638. The van der Waals surface area contributed by atoms with Gasteiger partial charge in [-0.25, -0.2) is 4.98 Å². The molecule has 116 valence electrons. The lowest BCUT2D eigenvalue weighted by molar-refractivity contribution is 0.669. The van der Waals surface area contributed by atoms with E-state index in [4.69, 9.17) is 11.6 Å². The maximum atomic E-state index is 6.03. The normalized spacial score (nSPS) is 14.1. The van der Waals surface area contributed by atoms with E-state index in [0.717, 1.165) is 36.0 Å². The van der Waals surface area contributed by atoms with Gasteiger partial charge in [0.2, 0.25) is 0 Å². The molecule has 1 heterocycles. The Hall–Kier alpha value is -1.58. The lowest BCUT2D eigenvalue weighted by atomic mass is 10.1. The van der Waals surface area contributed by atoms with Gasteiger partial charge in [0.05, 0.1) is 0 Å². The van der Waals surface area contributed by atoms with E-state index >= 15 is 0 Å². The Morgan fingerprint density at radius 3 is 2.86 bits per heavy atom. The van der Waals surface area contributed by atoms with Gasteiger partial charge in [0.25, 0.3) is 0 Å². The van der Waals surface area contributed by atoms with Gasteiger partial charge in [0, 0.05) is 23.5 Å². The van der Waals surface area contributed by atoms with Crippen molar-refractivity contribution in [1.29, 1.82) is 0 Å². The molecule has 0 amide bonds. The summed E-state index contributed by atoms with van der Waals surface area (Å²) >= 11 is 6.03. The number of halogens is 1. The molecule has 2 aromatic rings. The number of pyridine rings is 1. The smallest absolute Gasteiger partial charge is 0.130 e. The quantitative estimate of drug-likeness (QED) is 0.717. The molecule has 4 heteroatoms. The van der Waals surface area contributed by atoms with Crippen LogP contribution >= 0.6 is 11.6 Å². The monoisotopic (exact) mass is 315 g/mol. The highest BCUT2D eigenvalue weighted by atomic mass is 35.5. The fraction of sp³-hybridized carbons (Fsp3) is 0.389. The minimum Gasteiger partial charge on any atom is -0.340 e. The summed E-state index contributed by atoms with van der Waals surface area (Å²) in [6.07, 6.45) is 5.74. The van der Waals surface area contributed by atoms with Crippen molar-refractivity contribution in [2.24, 2.45) is 0 Å². The van der Waals surface area contributed by atoms with Crippen molar-refractivity contribution in [1.82, 2.24) is 10.3 Å². The van der Waals surface area contributed by atoms with Crippen molar-refractivity contribution >= 4 is 23.1 Å². The largest absolute Gasteiger partial charge is 0.340 e. The molecule has 0 atom stereocenters. The van der Waals surface area contributed by atoms with Crippen molar-refractivity contribution in [2.75, 3.05) is 11.9 Å². The lowest BCUT2D eigenvalue weighted by Gasteiger charge is -2.13. The second kappa shape index (κ2) is 7.12. The Morgan fingerprint density at radius 2 is 2.14 bits per heavy atom. The van der Waals surface area contributed by atoms with Crippen molar-refractivity contribution < 1.29 is 0 Å². The molecule has 1 aliphatic carbocycles. The third-order valence-corrected chi connectivity index (χ3v) is 4.11. The van der Waals surface area contributed by atoms with Gasteiger partial charge in [0.1, 0.15) is 5.82 Å². The van der Waals surface area contributed by atoms with Crippen LogP contribution in [0.2, 0.25) is 5.02 Å². The molecule has 3 nitrogen and oxygen atoms in total. The topological polar surface area (TPSA) is 37.0 Å². The fourth-order valence-corrected chi connectivity index (χ4v) is 2.79. The van der Waals surface area contributed by atoms with Gasteiger partial charge < -0.3 is 10.6 Å². The predicted molar refractivity (Wildman–Crippen MR) is 92.9 cm³/mol. The van der Waals surface area contributed by atoms with E-state index in [-0.39, 0.29) is 0 Å². The standard InChI is InChI=1S/C18H22ClN3/c1-2-8-20-11-14-12-21-18(10-17(14)13-6-7-13)22-16-5-3-4-15(19)9-16/h3-5,9-10,12-13,20H,2,6-8,11H2,1H3,(H,21,22). The Kier molecular flexibility index (Phi) is 4.96. The number of anilines is 2. The Labute approximate surface area is 137 Å². The zero-order valence-corrected chi connectivity index (χ0v) is 13.7. The van der Waals surface area contributed by atoms with Gasteiger partial charge in [-0.05, 0) is 67.1 Å². The second-order valence-corrected chi connectivity index (χ2v) is 6.29. The summed E-state index contributed by atoms with van der Waals surface area (Å²) in [5.41, 5.74) is 3.73. The van der Waals surface area contributed by atoms with E-state index in [2.05, 4.69) is 28.6 Å². The number of hydrogen-bond donors (Lipinski definition) is 2. The van der Waals surface area contributed by atoms with Gasteiger partial charge in [-0.2, -0.15) is 0 Å². The lowest BCUT2D eigenvalue weighted by Crippen LogP contribution is -2.15. The highest BCUT2D eigenvalue weighted by Gasteiger charge is 2.26. The molecule has 22 heavy (non-hydrogen) atoms. The SMILES string of the molecule is CCCNCc1cnc(Nc2cccc(Cl)c2)cc1C1CC1. The average Bonchev–Trinajstić information content (AvgIpc) is 3.33. The van der Waals surface area contributed by atoms with Crippen LogP contribution in [0.25, 0.3) is 0 Å². The molecule has 0 unspecified atom stereocenters. The summed E-state index contributed by atoms with van der Waals surface area (Å²) in [7, 11) is 0. The molecule has 3 rings (SSSR count). The van der Waals surface area contributed by atoms with Gasteiger partial charge >= 0.3 is 0 Å². The first-order valence-electron chi connectivity index (χ1n) is 7.98. The number of nitrogens with one attached hydrogen (secondary N) is 2. The first-order valence-corrected chi connectivity index (χ1v) is 8.36. The average molecular weight is 316 g/mol. The molecule has 0 radical (unpaired) electrons. The van der Waals surface area contributed by atoms with E-state index in [9.17, 15) is 0 Å². The molecule has 0 spiro atoms. The summed E-state index contributed by atoms with van der Waals surface area (Å²) in [6.45, 7) is 4.14. The van der Waals surface area contributed by atoms with Gasteiger partial charge in [-0.3, -0.25) is 0 Å². The molecule has 1 saturated carbocycles. The first kappa shape index (κ1) is 15.3. The Morgan fingerprint density at radius 1 is 1.27 bits per heavy atom. The number of benzene rings is 1. The van der Waals surface area contributed by atoms with Gasteiger partial charge in [-0.15, -0.1) is 0 Å². The van der Waals surface area contributed by atoms with Crippen LogP contribution in [-0.2, 0) is 6.54 Å². The van der Waals surface area contributed by atoms with Crippen LogP contribution in [0.1, 0.15) is 43.2 Å². The highest BCUT2D eigenvalue weighted by Crippen LogP contribution is 2.42. The van der Waals surface area contributed by atoms with Crippen molar-refractivity contribution in [3.8, 4) is 0 Å². The van der Waals surface area contributed by atoms with Crippen molar-refractivity contribution in [3.63, 3.8) is 0 Å².